The molecule has 0 bridgehead atoms. The molecule has 4 unspecified atom stereocenters. The lowest BCUT2D eigenvalue weighted by Gasteiger charge is -2.34. The van der Waals surface area contributed by atoms with E-state index in [1.807, 2.05) is 16.7 Å². The zero-order valence-electron chi connectivity index (χ0n) is 12.2. The summed E-state index contributed by atoms with van der Waals surface area (Å²) < 4.78 is 0. The van der Waals surface area contributed by atoms with Gasteiger partial charge in [0.05, 0.1) is 5.92 Å². The minimum atomic E-state index is -0.724. The van der Waals surface area contributed by atoms with Crippen molar-refractivity contribution < 1.29 is 14.7 Å². The van der Waals surface area contributed by atoms with Crippen LogP contribution in [-0.2, 0) is 4.79 Å². The molecule has 0 radical (unpaired) electrons. The summed E-state index contributed by atoms with van der Waals surface area (Å²) in [6.07, 6.45) is 2.59. The number of amides is 2. The summed E-state index contributed by atoms with van der Waals surface area (Å²) in [6, 6.07) is -0.0416. The molecule has 2 N–H and O–H groups in total. The third-order valence-corrected chi connectivity index (χ3v) is 5.43. The molecule has 4 atom stereocenters. The first-order valence-corrected chi connectivity index (χ1v) is 8.32. The molecule has 0 aromatic heterocycles. The fourth-order valence-corrected chi connectivity index (χ4v) is 4.61. The van der Waals surface area contributed by atoms with Crippen molar-refractivity contribution in [1.29, 1.82) is 0 Å². The number of carbonyl (C=O) groups is 2. The summed E-state index contributed by atoms with van der Waals surface area (Å²) in [7, 11) is 0. The van der Waals surface area contributed by atoms with Crippen molar-refractivity contribution in [2.75, 3.05) is 19.6 Å². The Morgan fingerprint density at radius 1 is 1.25 bits per heavy atom. The van der Waals surface area contributed by atoms with E-state index < -0.39 is 5.97 Å². The van der Waals surface area contributed by atoms with E-state index in [0.717, 1.165) is 32.4 Å². The molecule has 2 fully saturated rings. The van der Waals surface area contributed by atoms with Crippen molar-refractivity contribution in [2.45, 2.75) is 43.6 Å². The van der Waals surface area contributed by atoms with Crippen LogP contribution in [0.25, 0.3) is 0 Å². The van der Waals surface area contributed by atoms with E-state index >= 15 is 0 Å². The maximum absolute atomic E-state index is 12.2. The predicted octanol–water partition coefficient (Wildman–Crippen LogP) is 2.02. The van der Waals surface area contributed by atoms with Crippen LogP contribution in [0.5, 0.6) is 0 Å². The lowest BCUT2D eigenvalue weighted by atomic mass is 9.96. The number of aliphatic carboxylic acids is 1. The first-order chi connectivity index (χ1) is 9.47. The molecular formula is C14H24N2O3S. The Morgan fingerprint density at radius 2 is 1.90 bits per heavy atom. The third-order valence-electron chi connectivity index (χ3n) is 4.20. The van der Waals surface area contributed by atoms with Gasteiger partial charge < -0.3 is 15.3 Å². The van der Waals surface area contributed by atoms with Crippen LogP contribution in [0, 0.1) is 11.8 Å². The molecule has 0 aromatic carbocycles. The van der Waals surface area contributed by atoms with Gasteiger partial charge in [-0.05, 0) is 18.8 Å². The third kappa shape index (κ3) is 3.81. The second-order valence-corrected chi connectivity index (χ2v) is 7.87. The Morgan fingerprint density at radius 3 is 2.50 bits per heavy atom. The summed E-state index contributed by atoms with van der Waals surface area (Å²) in [5.41, 5.74) is 0. The number of nitrogens with one attached hydrogen (secondary N) is 1. The van der Waals surface area contributed by atoms with Crippen molar-refractivity contribution in [3.8, 4) is 0 Å². The number of nitrogens with zero attached hydrogens (tertiary/aromatic N) is 1. The van der Waals surface area contributed by atoms with Crippen molar-refractivity contribution in [2.24, 2.45) is 11.8 Å². The van der Waals surface area contributed by atoms with E-state index in [1.54, 1.807) is 0 Å². The number of hydrogen-bond acceptors (Lipinski definition) is 3. The van der Waals surface area contributed by atoms with Gasteiger partial charge in [0, 0.05) is 30.1 Å². The first-order valence-electron chi connectivity index (χ1n) is 7.38. The summed E-state index contributed by atoms with van der Waals surface area (Å²) in [5.74, 6) is -0.922. The molecule has 2 aliphatic rings. The predicted molar refractivity (Wildman–Crippen MR) is 80.0 cm³/mol. The molecule has 1 saturated carbocycles. The quantitative estimate of drug-likeness (QED) is 0.836. The van der Waals surface area contributed by atoms with Crippen LogP contribution in [-0.4, -0.2) is 52.1 Å². The molecule has 114 valence electrons. The standard InChI is InChI=1S/C14H24N2O3S/c1-9-7-16(8-10(2)20-9)14(19)15-6-11-4-3-5-12(11)13(17)18/h9-12H,3-8H2,1-2H3,(H,15,19)(H,17,18). The molecule has 0 aromatic rings. The highest BCUT2D eigenvalue weighted by atomic mass is 32.2. The summed E-state index contributed by atoms with van der Waals surface area (Å²) in [4.78, 5) is 25.2. The highest BCUT2D eigenvalue weighted by Gasteiger charge is 2.33. The molecule has 0 spiro atoms. The molecule has 1 saturated heterocycles. The van der Waals surface area contributed by atoms with E-state index in [9.17, 15) is 9.59 Å². The Balaban J connectivity index is 1.81. The molecule has 2 rings (SSSR count). The van der Waals surface area contributed by atoms with Crippen molar-refractivity contribution >= 4 is 23.8 Å². The van der Waals surface area contributed by atoms with Crippen LogP contribution in [0.3, 0.4) is 0 Å². The highest BCUT2D eigenvalue weighted by molar-refractivity contribution is 8.00. The number of carbonyl (C=O) groups excluding carboxylic acids is 1. The van der Waals surface area contributed by atoms with Crippen molar-refractivity contribution in [1.82, 2.24) is 10.2 Å². The molecule has 1 aliphatic heterocycles. The zero-order valence-corrected chi connectivity index (χ0v) is 13.0. The smallest absolute Gasteiger partial charge is 0.317 e. The highest BCUT2D eigenvalue weighted by Crippen LogP contribution is 2.31. The van der Waals surface area contributed by atoms with Gasteiger partial charge in [-0.1, -0.05) is 20.3 Å². The van der Waals surface area contributed by atoms with Crippen LogP contribution in [0.15, 0.2) is 0 Å². The number of carboxylic acids is 1. The average molecular weight is 300 g/mol. The molecular weight excluding hydrogens is 276 g/mol. The Labute approximate surface area is 124 Å². The molecule has 2 amide bonds. The van der Waals surface area contributed by atoms with Crippen LogP contribution in [0.2, 0.25) is 0 Å². The topological polar surface area (TPSA) is 69.6 Å². The number of hydrogen-bond donors (Lipinski definition) is 2. The lowest BCUT2D eigenvalue weighted by Crippen LogP contribution is -2.49. The number of thioether (sulfide) groups is 1. The van der Waals surface area contributed by atoms with Gasteiger partial charge in [0.1, 0.15) is 0 Å². The average Bonchev–Trinajstić information content (AvgIpc) is 2.83. The monoisotopic (exact) mass is 300 g/mol. The molecule has 1 heterocycles. The minimum Gasteiger partial charge on any atom is -0.481 e. The summed E-state index contributed by atoms with van der Waals surface area (Å²) in [6.45, 7) is 6.31. The van der Waals surface area contributed by atoms with Gasteiger partial charge in [0.25, 0.3) is 0 Å². The second-order valence-electron chi connectivity index (χ2n) is 5.98. The molecule has 20 heavy (non-hydrogen) atoms. The fourth-order valence-electron chi connectivity index (χ4n) is 3.28. The molecule has 6 heteroatoms. The van der Waals surface area contributed by atoms with Crippen LogP contribution in [0.1, 0.15) is 33.1 Å². The van der Waals surface area contributed by atoms with Gasteiger partial charge in [-0.25, -0.2) is 4.79 Å². The zero-order chi connectivity index (χ0) is 14.7. The maximum Gasteiger partial charge on any atom is 0.317 e. The lowest BCUT2D eigenvalue weighted by molar-refractivity contribution is -0.142. The first kappa shape index (κ1) is 15.5. The van der Waals surface area contributed by atoms with E-state index in [2.05, 4.69) is 19.2 Å². The van der Waals surface area contributed by atoms with Crippen LogP contribution >= 0.6 is 11.8 Å². The Kier molecular flexibility index (Phi) is 5.18. The molecule has 1 aliphatic carbocycles. The Bertz CT molecular complexity index is 367. The number of rotatable bonds is 3. The number of urea groups is 1. The van der Waals surface area contributed by atoms with Crippen molar-refractivity contribution in [3.63, 3.8) is 0 Å². The van der Waals surface area contributed by atoms with Gasteiger partial charge in [-0.15, -0.1) is 0 Å². The largest absolute Gasteiger partial charge is 0.481 e. The van der Waals surface area contributed by atoms with Gasteiger partial charge in [-0.2, -0.15) is 11.8 Å². The van der Waals surface area contributed by atoms with Crippen LogP contribution < -0.4 is 5.32 Å². The number of carboxylic acid groups (broad SMARTS) is 1. The van der Waals surface area contributed by atoms with Gasteiger partial charge >= 0.3 is 12.0 Å². The summed E-state index contributed by atoms with van der Waals surface area (Å²) in [5, 5.41) is 13.0. The van der Waals surface area contributed by atoms with E-state index in [1.165, 1.54) is 0 Å². The van der Waals surface area contributed by atoms with Gasteiger partial charge in [0.2, 0.25) is 0 Å². The van der Waals surface area contributed by atoms with E-state index in [0.29, 0.717) is 17.0 Å². The normalized spacial score (nSPS) is 34.0. The molecule has 5 nitrogen and oxygen atoms in total. The van der Waals surface area contributed by atoms with Gasteiger partial charge in [0.15, 0.2) is 0 Å². The van der Waals surface area contributed by atoms with Gasteiger partial charge in [-0.3, -0.25) is 4.79 Å². The van der Waals surface area contributed by atoms with E-state index in [-0.39, 0.29) is 17.9 Å². The fraction of sp³-hybridized carbons (Fsp3) is 0.857. The van der Waals surface area contributed by atoms with E-state index in [4.69, 9.17) is 5.11 Å². The van der Waals surface area contributed by atoms with Crippen LogP contribution in [0.4, 0.5) is 4.79 Å². The minimum absolute atomic E-state index is 0.0416. The Hall–Kier alpha value is -0.910. The maximum atomic E-state index is 12.2. The second kappa shape index (κ2) is 6.70. The SMILES string of the molecule is CC1CN(C(=O)NCC2CCCC2C(=O)O)CC(C)S1. The van der Waals surface area contributed by atoms with Crippen molar-refractivity contribution in [3.05, 3.63) is 0 Å². The summed E-state index contributed by atoms with van der Waals surface area (Å²) >= 11 is 1.91.